The Balaban J connectivity index is 2.08. The number of hydrogen-bond donors (Lipinski definition) is 0. The number of rotatable bonds is 6. The van der Waals surface area contributed by atoms with Crippen molar-refractivity contribution in [1.29, 1.82) is 0 Å². The van der Waals surface area contributed by atoms with E-state index < -0.39 is 0 Å². The van der Waals surface area contributed by atoms with Crippen LogP contribution in [0.4, 0.5) is 0 Å². The fraction of sp³-hybridized carbons (Fsp3) is 0.357. The lowest BCUT2D eigenvalue weighted by atomic mass is 10.2. The third-order valence-electron chi connectivity index (χ3n) is 2.95. The molecule has 0 aromatic carbocycles. The molecule has 0 radical (unpaired) electrons. The normalized spacial score (nSPS) is 10.5. The summed E-state index contributed by atoms with van der Waals surface area (Å²) in [6.07, 6.45) is 7.56. The number of methoxy groups -OCH3 is 1. The van der Waals surface area contributed by atoms with Gasteiger partial charge >= 0.3 is 0 Å². The van der Waals surface area contributed by atoms with Gasteiger partial charge in [-0.1, -0.05) is 0 Å². The summed E-state index contributed by atoms with van der Waals surface area (Å²) >= 11 is 0. The number of aromatic nitrogens is 3. The first-order chi connectivity index (χ1) is 9.72. The Hall–Kier alpha value is -2.21. The van der Waals surface area contributed by atoms with E-state index in [-0.39, 0.29) is 5.91 Å². The molecule has 0 bridgehead atoms. The highest BCUT2D eigenvalue weighted by Crippen LogP contribution is 2.09. The molecule has 0 saturated heterocycles. The average molecular weight is 274 g/mol. The average Bonchev–Trinajstić information content (AvgIpc) is 3.01. The predicted octanol–water partition coefficient (Wildman–Crippen LogP) is 1.38. The highest BCUT2D eigenvalue weighted by atomic mass is 16.5. The van der Waals surface area contributed by atoms with Crippen molar-refractivity contribution in [2.24, 2.45) is 0 Å². The van der Waals surface area contributed by atoms with Crippen LogP contribution in [0.25, 0.3) is 5.82 Å². The standard InChI is InChI=1S/C14H18N4O2/c1-17(7-3-9-20-2)14(19)12-4-5-16-13(10-12)18-8-6-15-11-18/h4-6,8,10-11H,3,7,9H2,1-2H3. The van der Waals surface area contributed by atoms with Gasteiger partial charge in [0, 0.05) is 51.5 Å². The predicted molar refractivity (Wildman–Crippen MR) is 74.8 cm³/mol. The number of carbonyl (C=O) groups is 1. The fourth-order valence-corrected chi connectivity index (χ4v) is 1.86. The fourth-order valence-electron chi connectivity index (χ4n) is 1.86. The molecule has 0 fully saturated rings. The monoisotopic (exact) mass is 274 g/mol. The number of amides is 1. The van der Waals surface area contributed by atoms with Crippen LogP contribution in [0.5, 0.6) is 0 Å². The van der Waals surface area contributed by atoms with Gasteiger partial charge in [0.25, 0.3) is 5.91 Å². The van der Waals surface area contributed by atoms with E-state index in [0.717, 1.165) is 6.42 Å². The zero-order valence-electron chi connectivity index (χ0n) is 11.7. The number of carbonyl (C=O) groups excluding carboxylic acids is 1. The molecule has 0 aliphatic rings. The Morgan fingerprint density at radius 2 is 2.30 bits per heavy atom. The van der Waals surface area contributed by atoms with Crippen LogP contribution < -0.4 is 0 Å². The number of nitrogens with zero attached hydrogens (tertiary/aromatic N) is 4. The molecule has 2 heterocycles. The molecule has 2 aromatic heterocycles. The van der Waals surface area contributed by atoms with Gasteiger partial charge in [-0.2, -0.15) is 0 Å². The second-order valence-corrected chi connectivity index (χ2v) is 4.45. The number of hydrogen-bond acceptors (Lipinski definition) is 4. The minimum Gasteiger partial charge on any atom is -0.385 e. The summed E-state index contributed by atoms with van der Waals surface area (Å²) in [5, 5.41) is 0. The van der Waals surface area contributed by atoms with Crippen LogP contribution in [0, 0.1) is 0 Å². The van der Waals surface area contributed by atoms with Crippen molar-refractivity contribution in [1.82, 2.24) is 19.4 Å². The van der Waals surface area contributed by atoms with Crippen LogP contribution >= 0.6 is 0 Å². The van der Waals surface area contributed by atoms with E-state index in [1.54, 1.807) is 60.7 Å². The highest BCUT2D eigenvalue weighted by Gasteiger charge is 2.12. The molecule has 6 heteroatoms. The van der Waals surface area contributed by atoms with E-state index in [1.807, 2.05) is 0 Å². The van der Waals surface area contributed by atoms with Crippen molar-refractivity contribution in [2.45, 2.75) is 6.42 Å². The molecular formula is C14H18N4O2. The number of pyridine rings is 1. The van der Waals surface area contributed by atoms with E-state index in [1.165, 1.54) is 0 Å². The van der Waals surface area contributed by atoms with Crippen LogP contribution in [-0.4, -0.2) is 52.7 Å². The quantitative estimate of drug-likeness (QED) is 0.747. The van der Waals surface area contributed by atoms with Gasteiger partial charge in [-0.05, 0) is 18.6 Å². The third kappa shape index (κ3) is 3.42. The van der Waals surface area contributed by atoms with Crippen molar-refractivity contribution in [3.8, 4) is 5.82 Å². The van der Waals surface area contributed by atoms with Crippen molar-refractivity contribution in [3.05, 3.63) is 42.6 Å². The lowest BCUT2D eigenvalue weighted by molar-refractivity contribution is 0.0779. The van der Waals surface area contributed by atoms with E-state index in [0.29, 0.717) is 24.5 Å². The number of imidazole rings is 1. The molecule has 2 aromatic rings. The summed E-state index contributed by atoms with van der Waals surface area (Å²) in [6, 6.07) is 3.48. The lowest BCUT2D eigenvalue weighted by Gasteiger charge is -2.17. The van der Waals surface area contributed by atoms with Gasteiger partial charge in [-0.3, -0.25) is 9.36 Å². The van der Waals surface area contributed by atoms with E-state index in [4.69, 9.17) is 4.74 Å². The SMILES string of the molecule is COCCCN(C)C(=O)c1ccnc(-n2ccnc2)c1. The lowest BCUT2D eigenvalue weighted by Crippen LogP contribution is -2.28. The van der Waals surface area contributed by atoms with Gasteiger partial charge in [-0.25, -0.2) is 9.97 Å². The Labute approximate surface area is 118 Å². The summed E-state index contributed by atoms with van der Waals surface area (Å²) in [4.78, 5) is 22.2. The first kappa shape index (κ1) is 14.2. The maximum absolute atomic E-state index is 12.3. The Kier molecular flexibility index (Phi) is 4.84. The first-order valence-corrected chi connectivity index (χ1v) is 6.41. The summed E-state index contributed by atoms with van der Waals surface area (Å²) in [6.45, 7) is 1.31. The smallest absolute Gasteiger partial charge is 0.253 e. The van der Waals surface area contributed by atoms with Gasteiger partial charge in [0.15, 0.2) is 0 Å². The van der Waals surface area contributed by atoms with Crippen LogP contribution in [0.3, 0.4) is 0 Å². The topological polar surface area (TPSA) is 60.2 Å². The second kappa shape index (κ2) is 6.81. The van der Waals surface area contributed by atoms with Gasteiger partial charge in [-0.15, -0.1) is 0 Å². The van der Waals surface area contributed by atoms with Crippen molar-refractivity contribution < 1.29 is 9.53 Å². The largest absolute Gasteiger partial charge is 0.385 e. The maximum atomic E-state index is 12.3. The van der Waals surface area contributed by atoms with Gasteiger partial charge in [0.05, 0.1) is 0 Å². The van der Waals surface area contributed by atoms with Crippen LogP contribution in [0.2, 0.25) is 0 Å². The van der Waals surface area contributed by atoms with Crippen molar-refractivity contribution >= 4 is 5.91 Å². The molecule has 0 saturated carbocycles. The molecule has 0 unspecified atom stereocenters. The minimum absolute atomic E-state index is 0.0233. The molecule has 0 atom stereocenters. The molecule has 1 amide bonds. The molecular weight excluding hydrogens is 256 g/mol. The summed E-state index contributed by atoms with van der Waals surface area (Å²) in [5.41, 5.74) is 0.614. The van der Waals surface area contributed by atoms with Crippen LogP contribution in [0.1, 0.15) is 16.8 Å². The Bertz CT molecular complexity index is 554. The summed E-state index contributed by atoms with van der Waals surface area (Å²) in [7, 11) is 3.44. The van der Waals surface area contributed by atoms with Gasteiger partial charge in [0.1, 0.15) is 12.1 Å². The molecule has 0 spiro atoms. The van der Waals surface area contributed by atoms with Crippen molar-refractivity contribution in [3.63, 3.8) is 0 Å². The van der Waals surface area contributed by atoms with Gasteiger partial charge < -0.3 is 9.64 Å². The van der Waals surface area contributed by atoms with Gasteiger partial charge in [0.2, 0.25) is 0 Å². The van der Waals surface area contributed by atoms with Crippen LogP contribution in [-0.2, 0) is 4.74 Å². The zero-order valence-corrected chi connectivity index (χ0v) is 11.7. The number of ether oxygens (including phenoxy) is 1. The maximum Gasteiger partial charge on any atom is 0.253 e. The minimum atomic E-state index is -0.0233. The summed E-state index contributed by atoms with van der Waals surface area (Å²) < 4.78 is 6.75. The first-order valence-electron chi connectivity index (χ1n) is 6.41. The molecule has 20 heavy (non-hydrogen) atoms. The van der Waals surface area contributed by atoms with E-state index in [9.17, 15) is 4.79 Å². The Morgan fingerprint density at radius 3 is 3.00 bits per heavy atom. The highest BCUT2D eigenvalue weighted by molar-refractivity contribution is 5.94. The second-order valence-electron chi connectivity index (χ2n) is 4.45. The Morgan fingerprint density at radius 1 is 1.45 bits per heavy atom. The third-order valence-corrected chi connectivity index (χ3v) is 2.95. The zero-order chi connectivity index (χ0) is 14.4. The van der Waals surface area contributed by atoms with E-state index in [2.05, 4.69) is 9.97 Å². The molecule has 0 aliphatic carbocycles. The molecule has 0 aliphatic heterocycles. The molecule has 6 nitrogen and oxygen atoms in total. The summed E-state index contributed by atoms with van der Waals surface area (Å²) in [5.74, 6) is 0.656. The van der Waals surface area contributed by atoms with Crippen molar-refractivity contribution in [2.75, 3.05) is 27.3 Å². The van der Waals surface area contributed by atoms with E-state index >= 15 is 0 Å². The molecule has 106 valence electrons. The molecule has 0 N–H and O–H groups in total. The van der Waals surface area contributed by atoms with Crippen LogP contribution in [0.15, 0.2) is 37.1 Å². The molecule has 2 rings (SSSR count).